The number of aliphatic hydroxyl groups excluding tert-OH is 3. The number of hydrogen-bond acceptors (Lipinski definition) is 10. The lowest BCUT2D eigenvalue weighted by Gasteiger charge is -2.46. The Hall–Kier alpha value is -3.79. The zero-order valence-electron chi connectivity index (χ0n) is 23.7. The van der Waals surface area contributed by atoms with Crippen LogP contribution in [0, 0.1) is 11.6 Å². The largest absolute Gasteiger partial charge is 0.457 e. The topological polar surface area (TPSA) is 165 Å². The third-order valence-corrected chi connectivity index (χ3v) is 8.02. The van der Waals surface area contributed by atoms with E-state index < -0.39 is 72.7 Å². The monoisotopic (exact) mass is 604 g/mol. The number of hydrogen-bond donors (Lipinski definition) is 3. The van der Waals surface area contributed by atoms with Crippen molar-refractivity contribution in [1.29, 1.82) is 0 Å². The number of nitrogens with zero attached hydrogens (tertiary/aromatic N) is 6. The van der Waals surface area contributed by atoms with Crippen molar-refractivity contribution >= 4 is 11.9 Å². The minimum absolute atomic E-state index is 0.0465. The molecule has 1 aliphatic heterocycles. The van der Waals surface area contributed by atoms with E-state index in [0.717, 1.165) is 36.6 Å². The van der Waals surface area contributed by atoms with Crippen LogP contribution in [0.15, 0.2) is 36.7 Å². The van der Waals surface area contributed by atoms with E-state index in [9.17, 15) is 33.7 Å². The van der Waals surface area contributed by atoms with Crippen LogP contribution < -0.4 is 0 Å². The number of benzene rings is 1. The van der Waals surface area contributed by atoms with Gasteiger partial charge in [-0.1, -0.05) is 18.1 Å². The highest BCUT2D eigenvalue weighted by Crippen LogP contribution is 2.35. The molecule has 7 atom stereocenters. The van der Waals surface area contributed by atoms with Crippen molar-refractivity contribution in [3.05, 3.63) is 54.0 Å². The van der Waals surface area contributed by atoms with Crippen molar-refractivity contribution in [2.45, 2.75) is 81.8 Å². The van der Waals surface area contributed by atoms with Gasteiger partial charge in [0.1, 0.15) is 35.6 Å². The zero-order chi connectivity index (χ0) is 30.8. The molecule has 3 N–H and O–H groups in total. The molecule has 2 fully saturated rings. The van der Waals surface area contributed by atoms with E-state index in [1.807, 2.05) is 0 Å². The summed E-state index contributed by atoms with van der Waals surface area (Å²) in [5.41, 5.74) is 0.782. The summed E-state index contributed by atoms with van der Waals surface area (Å²) >= 11 is 0. The van der Waals surface area contributed by atoms with E-state index in [1.165, 1.54) is 11.1 Å². The first kappa shape index (κ1) is 30.7. The molecule has 0 unspecified atom stereocenters. The average Bonchev–Trinajstić information content (AvgIpc) is 3.60. The van der Waals surface area contributed by atoms with Crippen molar-refractivity contribution < 1.29 is 43.2 Å². The van der Waals surface area contributed by atoms with Gasteiger partial charge in [-0.25, -0.2) is 13.5 Å². The van der Waals surface area contributed by atoms with Crippen LogP contribution in [0.5, 0.6) is 0 Å². The van der Waals surface area contributed by atoms with Gasteiger partial charge in [-0.15, -0.1) is 5.10 Å². The normalized spacial score (nSPS) is 27.6. The Bertz CT molecular complexity index is 1430. The molecule has 15 heteroatoms. The molecule has 5 rings (SSSR count). The first-order valence-electron chi connectivity index (χ1n) is 14.0. The van der Waals surface area contributed by atoms with Crippen molar-refractivity contribution in [3.63, 3.8) is 0 Å². The molecule has 3 aromatic rings. The minimum Gasteiger partial charge on any atom is -0.457 e. The van der Waals surface area contributed by atoms with Gasteiger partial charge in [-0.05, 0) is 31.0 Å². The molecule has 1 aromatic carbocycles. The van der Waals surface area contributed by atoms with Gasteiger partial charge in [0.25, 0.3) is 5.91 Å². The highest BCUT2D eigenvalue weighted by atomic mass is 19.1. The summed E-state index contributed by atoms with van der Waals surface area (Å²) in [4.78, 5) is 28.2. The number of aryl methyl sites for hydroxylation is 1. The fraction of sp³-hybridized carbons (Fsp3) is 0.536. The second kappa shape index (κ2) is 12.8. The molecule has 2 aliphatic rings. The number of ether oxygens (including phenoxy) is 2. The van der Waals surface area contributed by atoms with Crippen LogP contribution in [-0.2, 0) is 32.7 Å². The molecule has 0 bridgehead atoms. The third kappa shape index (κ3) is 6.44. The standard InChI is InChI=1S/C28H34F2N6O7/c1-15(38)42-26-24(36-13-20(32-33-36)16-9-17(29)11-18(30)10-16)25(40)23(14-37)43-27(26)28(41)35(12-19-7-8-31-34(19)2)21-5-3-4-6-22(21)39/h7-11,13,21-27,37,39-40H,3-6,12,14H2,1-2H3/t21-,22-,23+,24-,25-,26+,27+/m0/s1. The Labute approximate surface area is 245 Å². The second-order valence-electron chi connectivity index (χ2n) is 10.9. The van der Waals surface area contributed by atoms with Gasteiger partial charge in [-0.2, -0.15) is 5.10 Å². The maximum Gasteiger partial charge on any atom is 0.303 e. The number of esters is 1. The molecule has 0 spiro atoms. The molecule has 1 saturated heterocycles. The molecule has 0 radical (unpaired) electrons. The Morgan fingerprint density at radius 3 is 2.51 bits per heavy atom. The van der Waals surface area contributed by atoms with E-state index in [0.29, 0.717) is 24.6 Å². The number of rotatable bonds is 8. The van der Waals surface area contributed by atoms with Gasteiger partial charge < -0.3 is 29.7 Å². The summed E-state index contributed by atoms with van der Waals surface area (Å²) in [6, 6.07) is 2.66. The lowest BCUT2D eigenvalue weighted by atomic mass is 9.88. The van der Waals surface area contributed by atoms with Gasteiger partial charge in [0.15, 0.2) is 12.2 Å². The molecule has 1 saturated carbocycles. The van der Waals surface area contributed by atoms with E-state index in [4.69, 9.17) is 9.47 Å². The van der Waals surface area contributed by atoms with E-state index in [2.05, 4.69) is 15.4 Å². The maximum absolute atomic E-state index is 14.4. The van der Waals surface area contributed by atoms with Crippen LogP contribution in [0.4, 0.5) is 8.78 Å². The summed E-state index contributed by atoms with van der Waals surface area (Å²) in [5, 5.41) is 44.4. The number of aliphatic hydroxyl groups is 3. The summed E-state index contributed by atoms with van der Waals surface area (Å²) < 4.78 is 42.0. The maximum atomic E-state index is 14.4. The first-order valence-corrected chi connectivity index (χ1v) is 14.0. The second-order valence-corrected chi connectivity index (χ2v) is 10.9. The van der Waals surface area contributed by atoms with Crippen molar-refractivity contribution in [3.8, 4) is 11.3 Å². The fourth-order valence-electron chi connectivity index (χ4n) is 5.88. The van der Waals surface area contributed by atoms with Crippen LogP contribution in [0.2, 0.25) is 0 Å². The van der Waals surface area contributed by atoms with E-state index >= 15 is 0 Å². The predicted octanol–water partition coefficient (Wildman–Crippen LogP) is 0.882. The molecule has 43 heavy (non-hydrogen) atoms. The van der Waals surface area contributed by atoms with Crippen LogP contribution in [0.25, 0.3) is 11.3 Å². The quantitative estimate of drug-likeness (QED) is 0.315. The third-order valence-electron chi connectivity index (χ3n) is 8.02. The Morgan fingerprint density at radius 2 is 1.88 bits per heavy atom. The summed E-state index contributed by atoms with van der Waals surface area (Å²) in [7, 11) is 1.72. The molecule has 3 heterocycles. The Morgan fingerprint density at radius 1 is 1.16 bits per heavy atom. The number of aromatic nitrogens is 5. The molecule has 232 valence electrons. The smallest absolute Gasteiger partial charge is 0.303 e. The summed E-state index contributed by atoms with van der Waals surface area (Å²) in [5.74, 6) is -3.09. The minimum atomic E-state index is -1.54. The SMILES string of the molecule is CC(=O)O[C@@H]1[C@@H](n2cc(-c3cc(F)cc(F)c3)nn2)[C@@H](O)[C@@H](CO)O[C@H]1C(=O)N(Cc1ccnn1C)[C@H]1CCCC[C@@H]1O. The van der Waals surface area contributed by atoms with Crippen LogP contribution in [0.3, 0.4) is 0 Å². The number of carbonyl (C=O) groups is 2. The first-order chi connectivity index (χ1) is 20.6. The molecular formula is C28H34F2N6O7. The predicted molar refractivity (Wildman–Crippen MR) is 144 cm³/mol. The molecule has 1 aliphatic carbocycles. The number of halogens is 2. The fourth-order valence-corrected chi connectivity index (χ4v) is 5.88. The molecule has 2 aromatic heterocycles. The van der Waals surface area contributed by atoms with Crippen molar-refractivity contribution in [2.75, 3.05) is 6.61 Å². The highest BCUT2D eigenvalue weighted by Gasteiger charge is 2.53. The van der Waals surface area contributed by atoms with Crippen LogP contribution in [0.1, 0.15) is 44.3 Å². The van der Waals surface area contributed by atoms with Crippen LogP contribution >= 0.6 is 0 Å². The van der Waals surface area contributed by atoms with Gasteiger partial charge >= 0.3 is 5.97 Å². The van der Waals surface area contributed by atoms with Gasteiger partial charge in [-0.3, -0.25) is 14.3 Å². The van der Waals surface area contributed by atoms with Gasteiger partial charge in [0, 0.05) is 31.8 Å². The zero-order valence-corrected chi connectivity index (χ0v) is 23.7. The molecular weight excluding hydrogens is 570 g/mol. The summed E-state index contributed by atoms with van der Waals surface area (Å²) in [6.07, 6.45) is -1.21. The van der Waals surface area contributed by atoms with Gasteiger partial charge in [0.2, 0.25) is 0 Å². The Balaban J connectivity index is 1.54. The van der Waals surface area contributed by atoms with Crippen LogP contribution in [-0.4, -0.2) is 100 Å². The molecule has 1 amide bonds. The lowest BCUT2D eigenvalue weighted by molar-refractivity contribution is -0.222. The highest BCUT2D eigenvalue weighted by molar-refractivity contribution is 5.83. The summed E-state index contributed by atoms with van der Waals surface area (Å²) in [6.45, 7) is 0.488. The lowest BCUT2D eigenvalue weighted by Crippen LogP contribution is -2.63. The van der Waals surface area contributed by atoms with Crippen molar-refractivity contribution in [1.82, 2.24) is 29.7 Å². The Kier molecular flexibility index (Phi) is 9.15. The van der Waals surface area contributed by atoms with Gasteiger partial charge in [0.05, 0.1) is 37.2 Å². The number of carbonyl (C=O) groups excluding carboxylic acids is 2. The average molecular weight is 605 g/mol. The van der Waals surface area contributed by atoms with E-state index in [1.54, 1.807) is 24.0 Å². The number of amides is 1. The van der Waals surface area contributed by atoms with E-state index in [-0.39, 0.29) is 17.8 Å². The molecule has 13 nitrogen and oxygen atoms in total. The van der Waals surface area contributed by atoms with Crippen molar-refractivity contribution in [2.24, 2.45) is 7.05 Å².